The summed E-state index contributed by atoms with van der Waals surface area (Å²) in [5.74, 6) is 0.156. The smallest absolute Gasteiger partial charge is 0.278 e. The van der Waals surface area contributed by atoms with Crippen molar-refractivity contribution in [3.63, 3.8) is 0 Å². The molecule has 22 heavy (non-hydrogen) atoms. The highest BCUT2D eigenvalue weighted by atomic mass is 35.5. The number of benzene rings is 1. The number of rotatable bonds is 3. The van der Waals surface area contributed by atoms with Crippen LogP contribution in [0.3, 0.4) is 0 Å². The maximum atomic E-state index is 12.4. The number of nitrogens with one attached hydrogen (secondary N) is 1. The molecule has 0 aliphatic carbocycles. The van der Waals surface area contributed by atoms with E-state index in [4.69, 9.17) is 16.0 Å². The third-order valence-electron chi connectivity index (χ3n) is 3.18. The number of carbonyl (C=O) groups excluding carboxylic acids is 1. The molecule has 0 bridgehead atoms. The number of nitrogens with zero attached hydrogens (tertiary/aromatic N) is 1. The van der Waals surface area contributed by atoms with E-state index < -0.39 is 0 Å². The van der Waals surface area contributed by atoms with E-state index in [2.05, 4.69) is 10.3 Å². The summed E-state index contributed by atoms with van der Waals surface area (Å²) >= 11 is 7.62. The molecule has 1 amide bonds. The Balaban J connectivity index is 1.87. The van der Waals surface area contributed by atoms with Crippen LogP contribution in [-0.4, -0.2) is 10.9 Å². The lowest BCUT2D eigenvalue weighted by atomic mass is 10.2. The minimum absolute atomic E-state index is 0.263. The number of aromatic nitrogens is 1. The Labute approximate surface area is 136 Å². The van der Waals surface area contributed by atoms with Gasteiger partial charge in [-0.05, 0) is 43.7 Å². The molecule has 6 heteroatoms. The van der Waals surface area contributed by atoms with E-state index >= 15 is 0 Å². The quantitative estimate of drug-likeness (QED) is 0.740. The number of anilines is 1. The number of carbonyl (C=O) groups is 1. The minimum atomic E-state index is -0.324. The number of amides is 1. The molecule has 2 aromatic heterocycles. The lowest BCUT2D eigenvalue weighted by Gasteiger charge is -2.06. The maximum Gasteiger partial charge on any atom is 0.278 e. The maximum absolute atomic E-state index is 12.4. The van der Waals surface area contributed by atoms with E-state index in [9.17, 15) is 4.79 Å². The fourth-order valence-corrected chi connectivity index (χ4v) is 3.04. The SMILES string of the molecule is Cc1ccc(-c2ocnc2C(=O)Nc2ccc(C)c(Cl)c2)s1. The summed E-state index contributed by atoms with van der Waals surface area (Å²) in [7, 11) is 0. The molecule has 112 valence electrons. The summed E-state index contributed by atoms with van der Waals surface area (Å²) in [6.07, 6.45) is 1.28. The van der Waals surface area contributed by atoms with Gasteiger partial charge >= 0.3 is 0 Å². The molecule has 4 nitrogen and oxygen atoms in total. The Morgan fingerprint density at radius 2 is 2.09 bits per heavy atom. The Hall–Kier alpha value is -2.11. The average molecular weight is 333 g/mol. The summed E-state index contributed by atoms with van der Waals surface area (Å²) in [4.78, 5) is 18.5. The second kappa shape index (κ2) is 5.94. The van der Waals surface area contributed by atoms with E-state index in [1.54, 1.807) is 23.5 Å². The van der Waals surface area contributed by atoms with Gasteiger partial charge in [0, 0.05) is 15.6 Å². The second-order valence-electron chi connectivity index (χ2n) is 4.86. The molecule has 0 aliphatic rings. The van der Waals surface area contributed by atoms with E-state index in [1.165, 1.54) is 6.39 Å². The predicted molar refractivity (Wildman–Crippen MR) is 88.7 cm³/mol. The molecular formula is C16H13ClN2O2S. The van der Waals surface area contributed by atoms with Crippen LogP contribution in [0.5, 0.6) is 0 Å². The van der Waals surface area contributed by atoms with Gasteiger partial charge < -0.3 is 9.73 Å². The molecule has 0 unspecified atom stereocenters. The Morgan fingerprint density at radius 1 is 1.27 bits per heavy atom. The zero-order chi connectivity index (χ0) is 15.7. The van der Waals surface area contributed by atoms with Crippen LogP contribution in [0.4, 0.5) is 5.69 Å². The van der Waals surface area contributed by atoms with Crippen LogP contribution >= 0.6 is 22.9 Å². The van der Waals surface area contributed by atoms with Crippen LogP contribution in [0.25, 0.3) is 10.6 Å². The van der Waals surface area contributed by atoms with Crippen molar-refractivity contribution in [1.29, 1.82) is 0 Å². The van der Waals surface area contributed by atoms with Gasteiger partial charge in [0.25, 0.3) is 5.91 Å². The van der Waals surface area contributed by atoms with Crippen molar-refractivity contribution in [1.82, 2.24) is 4.98 Å². The first-order chi connectivity index (χ1) is 10.5. The molecule has 0 spiro atoms. The molecular weight excluding hydrogens is 320 g/mol. The Morgan fingerprint density at radius 3 is 2.77 bits per heavy atom. The topological polar surface area (TPSA) is 55.1 Å². The van der Waals surface area contributed by atoms with Crippen LogP contribution in [0.15, 0.2) is 41.1 Å². The molecule has 0 fully saturated rings. The van der Waals surface area contributed by atoms with Crippen LogP contribution in [0, 0.1) is 13.8 Å². The molecule has 0 aliphatic heterocycles. The average Bonchev–Trinajstić information content (AvgIpc) is 3.11. The first-order valence-corrected chi connectivity index (χ1v) is 7.82. The van der Waals surface area contributed by atoms with Gasteiger partial charge in [-0.15, -0.1) is 11.3 Å². The van der Waals surface area contributed by atoms with Crippen LogP contribution < -0.4 is 5.32 Å². The van der Waals surface area contributed by atoms with Crippen molar-refractivity contribution in [2.45, 2.75) is 13.8 Å². The fraction of sp³-hybridized carbons (Fsp3) is 0.125. The Kier molecular flexibility index (Phi) is 4.00. The molecule has 1 aromatic carbocycles. The van der Waals surface area contributed by atoms with Gasteiger partial charge in [0.1, 0.15) is 0 Å². The van der Waals surface area contributed by atoms with Crippen LogP contribution in [-0.2, 0) is 0 Å². The molecule has 0 atom stereocenters. The minimum Gasteiger partial charge on any atom is -0.442 e. The zero-order valence-corrected chi connectivity index (χ0v) is 13.6. The van der Waals surface area contributed by atoms with E-state index in [0.717, 1.165) is 15.3 Å². The van der Waals surface area contributed by atoms with Crippen molar-refractivity contribution in [3.05, 3.63) is 57.9 Å². The van der Waals surface area contributed by atoms with Gasteiger partial charge in [-0.1, -0.05) is 17.7 Å². The highest BCUT2D eigenvalue weighted by Crippen LogP contribution is 2.30. The highest BCUT2D eigenvalue weighted by Gasteiger charge is 2.19. The normalized spacial score (nSPS) is 10.7. The monoisotopic (exact) mass is 332 g/mol. The molecule has 3 rings (SSSR count). The third kappa shape index (κ3) is 2.91. The summed E-state index contributed by atoms with van der Waals surface area (Å²) in [5, 5.41) is 3.39. The number of halogens is 1. The largest absolute Gasteiger partial charge is 0.442 e. The van der Waals surface area contributed by atoms with Crippen molar-refractivity contribution in [2.24, 2.45) is 0 Å². The van der Waals surface area contributed by atoms with E-state index in [1.807, 2.05) is 32.0 Å². The molecule has 2 heterocycles. The van der Waals surface area contributed by atoms with Gasteiger partial charge in [-0.2, -0.15) is 0 Å². The Bertz CT molecular complexity index is 838. The van der Waals surface area contributed by atoms with Gasteiger partial charge in [0.15, 0.2) is 17.8 Å². The molecule has 0 radical (unpaired) electrons. The number of hydrogen-bond acceptors (Lipinski definition) is 4. The molecule has 0 saturated heterocycles. The lowest BCUT2D eigenvalue weighted by molar-refractivity contribution is 0.102. The summed E-state index contributed by atoms with van der Waals surface area (Å²) in [5.41, 5.74) is 1.84. The molecule has 3 aromatic rings. The summed E-state index contributed by atoms with van der Waals surface area (Å²) in [6.45, 7) is 3.90. The van der Waals surface area contributed by atoms with Crippen molar-refractivity contribution < 1.29 is 9.21 Å². The number of aryl methyl sites for hydroxylation is 2. The number of oxazole rings is 1. The molecule has 0 saturated carbocycles. The van der Waals surface area contributed by atoms with Gasteiger partial charge in [0.2, 0.25) is 0 Å². The first kappa shape index (κ1) is 14.8. The van der Waals surface area contributed by atoms with Crippen LogP contribution in [0.2, 0.25) is 5.02 Å². The van der Waals surface area contributed by atoms with Crippen molar-refractivity contribution in [3.8, 4) is 10.6 Å². The molecule has 1 N–H and O–H groups in total. The third-order valence-corrected chi connectivity index (χ3v) is 4.58. The van der Waals surface area contributed by atoms with Crippen molar-refractivity contribution in [2.75, 3.05) is 5.32 Å². The van der Waals surface area contributed by atoms with Gasteiger partial charge in [-0.3, -0.25) is 4.79 Å². The fourth-order valence-electron chi connectivity index (χ4n) is 2.00. The first-order valence-electron chi connectivity index (χ1n) is 6.62. The number of hydrogen-bond donors (Lipinski definition) is 1. The van der Waals surface area contributed by atoms with Gasteiger partial charge in [-0.25, -0.2) is 4.98 Å². The predicted octanol–water partition coefficient (Wildman–Crippen LogP) is 4.93. The summed E-state index contributed by atoms with van der Waals surface area (Å²) < 4.78 is 5.38. The zero-order valence-electron chi connectivity index (χ0n) is 12.0. The van der Waals surface area contributed by atoms with E-state index in [0.29, 0.717) is 16.5 Å². The lowest BCUT2D eigenvalue weighted by Crippen LogP contribution is -2.13. The summed E-state index contributed by atoms with van der Waals surface area (Å²) in [6, 6.07) is 9.26. The van der Waals surface area contributed by atoms with Crippen molar-refractivity contribution >= 4 is 34.5 Å². The van der Waals surface area contributed by atoms with Gasteiger partial charge in [0.05, 0.1) is 4.88 Å². The van der Waals surface area contributed by atoms with Crippen LogP contribution in [0.1, 0.15) is 20.9 Å². The second-order valence-corrected chi connectivity index (χ2v) is 6.55. The standard InChI is InChI=1S/C16H13ClN2O2S/c1-9-3-5-11(7-12(9)17)19-16(20)14-15(21-8-18-14)13-6-4-10(2)22-13/h3-8H,1-2H3,(H,19,20). The highest BCUT2D eigenvalue weighted by molar-refractivity contribution is 7.15. The number of thiophene rings is 1. The van der Waals surface area contributed by atoms with E-state index in [-0.39, 0.29) is 11.6 Å².